The van der Waals surface area contributed by atoms with Gasteiger partial charge in [-0.05, 0) is 55.5 Å². The van der Waals surface area contributed by atoms with E-state index in [-0.39, 0.29) is 17.7 Å². The highest BCUT2D eigenvalue weighted by Gasteiger charge is 2.24. The number of ether oxygens (including phenoxy) is 1. The molecule has 2 N–H and O–H groups in total. The highest BCUT2D eigenvalue weighted by Crippen LogP contribution is 2.24. The minimum atomic E-state index is -0.166. The van der Waals surface area contributed by atoms with Gasteiger partial charge in [-0.15, -0.1) is 0 Å². The van der Waals surface area contributed by atoms with E-state index in [4.69, 9.17) is 4.74 Å². The lowest BCUT2D eigenvalue weighted by Gasteiger charge is -2.32. The molecule has 3 rings (SSSR count). The summed E-state index contributed by atoms with van der Waals surface area (Å²) >= 11 is 0. The summed E-state index contributed by atoms with van der Waals surface area (Å²) in [6, 6.07) is 14.3. The van der Waals surface area contributed by atoms with Gasteiger partial charge < -0.3 is 20.3 Å². The summed E-state index contributed by atoms with van der Waals surface area (Å²) in [6.07, 6.45) is 3.01. The topological polar surface area (TPSA) is 87.7 Å². The molecule has 164 valence electrons. The molecule has 0 bridgehead atoms. The van der Waals surface area contributed by atoms with Crippen LogP contribution in [0.25, 0.3) is 0 Å². The second kappa shape index (κ2) is 10.6. The molecule has 0 unspecified atom stereocenters. The number of nitrogens with one attached hydrogen (secondary N) is 2. The SMILES string of the molecule is COc1cccc(NC(=O)CCC2CCN(C(=O)c3cccc(NC(C)=O)c3)CC2)c1. The van der Waals surface area contributed by atoms with Crippen molar-refractivity contribution in [1.82, 2.24) is 4.90 Å². The van der Waals surface area contributed by atoms with Crippen molar-refractivity contribution in [1.29, 1.82) is 0 Å². The third-order valence-electron chi connectivity index (χ3n) is 5.46. The van der Waals surface area contributed by atoms with Crippen LogP contribution in [0.5, 0.6) is 5.75 Å². The van der Waals surface area contributed by atoms with Crippen LogP contribution < -0.4 is 15.4 Å². The Kier molecular flexibility index (Phi) is 7.65. The van der Waals surface area contributed by atoms with Crippen LogP contribution in [0.2, 0.25) is 0 Å². The first kappa shape index (κ1) is 22.3. The summed E-state index contributed by atoms with van der Waals surface area (Å²) in [4.78, 5) is 38.2. The fourth-order valence-corrected chi connectivity index (χ4v) is 3.80. The molecule has 7 nitrogen and oxygen atoms in total. The van der Waals surface area contributed by atoms with E-state index >= 15 is 0 Å². The fraction of sp³-hybridized carbons (Fsp3) is 0.375. The van der Waals surface area contributed by atoms with Crippen molar-refractivity contribution in [3.63, 3.8) is 0 Å². The molecule has 1 heterocycles. The van der Waals surface area contributed by atoms with E-state index in [2.05, 4.69) is 10.6 Å². The smallest absolute Gasteiger partial charge is 0.253 e. The number of hydrogen-bond acceptors (Lipinski definition) is 4. The average molecular weight is 424 g/mol. The summed E-state index contributed by atoms with van der Waals surface area (Å²) in [5.74, 6) is 0.923. The molecule has 3 amide bonds. The Labute approximate surface area is 182 Å². The van der Waals surface area contributed by atoms with Crippen molar-refractivity contribution >= 4 is 29.1 Å². The van der Waals surface area contributed by atoms with Crippen LogP contribution in [0.4, 0.5) is 11.4 Å². The van der Waals surface area contributed by atoms with Crippen LogP contribution in [-0.2, 0) is 9.59 Å². The first-order chi connectivity index (χ1) is 14.9. The molecule has 0 spiro atoms. The molecule has 0 saturated carbocycles. The molecule has 0 radical (unpaired) electrons. The molecular formula is C24H29N3O4. The zero-order chi connectivity index (χ0) is 22.2. The number of methoxy groups -OCH3 is 1. The monoisotopic (exact) mass is 423 g/mol. The molecule has 1 aliphatic heterocycles. The predicted molar refractivity (Wildman–Crippen MR) is 120 cm³/mol. The van der Waals surface area contributed by atoms with E-state index in [0.29, 0.717) is 42.4 Å². The fourth-order valence-electron chi connectivity index (χ4n) is 3.80. The molecule has 0 atom stereocenters. The lowest BCUT2D eigenvalue weighted by molar-refractivity contribution is -0.116. The summed E-state index contributed by atoms with van der Waals surface area (Å²) in [7, 11) is 1.60. The summed E-state index contributed by atoms with van der Waals surface area (Å²) in [5.41, 5.74) is 1.92. The Balaban J connectivity index is 1.44. The van der Waals surface area contributed by atoms with Crippen LogP contribution in [0.15, 0.2) is 48.5 Å². The van der Waals surface area contributed by atoms with Gasteiger partial charge in [-0.3, -0.25) is 14.4 Å². The number of hydrogen-bond donors (Lipinski definition) is 2. The molecule has 31 heavy (non-hydrogen) atoms. The van der Waals surface area contributed by atoms with Gasteiger partial charge in [0.2, 0.25) is 11.8 Å². The van der Waals surface area contributed by atoms with E-state index in [0.717, 1.165) is 24.9 Å². The Morgan fingerprint density at radius 1 is 1.00 bits per heavy atom. The predicted octanol–water partition coefficient (Wildman–Crippen LogP) is 3.92. The second-order valence-corrected chi connectivity index (χ2v) is 7.82. The van der Waals surface area contributed by atoms with Crippen LogP contribution in [0.3, 0.4) is 0 Å². The van der Waals surface area contributed by atoms with E-state index in [9.17, 15) is 14.4 Å². The Bertz CT molecular complexity index is 936. The van der Waals surface area contributed by atoms with E-state index in [1.54, 1.807) is 37.4 Å². The average Bonchev–Trinajstić information content (AvgIpc) is 2.77. The third kappa shape index (κ3) is 6.57. The lowest BCUT2D eigenvalue weighted by Crippen LogP contribution is -2.38. The van der Waals surface area contributed by atoms with Crippen molar-refractivity contribution in [2.45, 2.75) is 32.6 Å². The first-order valence-electron chi connectivity index (χ1n) is 10.6. The number of carbonyl (C=O) groups excluding carboxylic acids is 3. The number of benzene rings is 2. The van der Waals surface area contributed by atoms with Crippen molar-refractivity contribution in [3.8, 4) is 5.75 Å². The van der Waals surface area contributed by atoms with Crippen LogP contribution in [0, 0.1) is 5.92 Å². The normalized spacial score (nSPS) is 14.1. The van der Waals surface area contributed by atoms with Gasteiger partial charge in [-0.25, -0.2) is 0 Å². The maximum Gasteiger partial charge on any atom is 0.253 e. The van der Waals surface area contributed by atoms with Gasteiger partial charge in [0.25, 0.3) is 5.91 Å². The van der Waals surface area contributed by atoms with E-state index < -0.39 is 0 Å². The van der Waals surface area contributed by atoms with Crippen molar-refractivity contribution in [2.75, 3.05) is 30.8 Å². The third-order valence-corrected chi connectivity index (χ3v) is 5.46. The summed E-state index contributed by atoms with van der Waals surface area (Å²) in [5, 5.41) is 5.62. The number of nitrogens with zero attached hydrogens (tertiary/aromatic N) is 1. The zero-order valence-corrected chi connectivity index (χ0v) is 18.0. The van der Waals surface area contributed by atoms with Gasteiger partial charge in [0.15, 0.2) is 0 Å². The number of piperidine rings is 1. The lowest BCUT2D eigenvalue weighted by atomic mass is 9.91. The number of amides is 3. The molecule has 0 aliphatic carbocycles. The Morgan fingerprint density at radius 2 is 1.68 bits per heavy atom. The molecule has 1 aliphatic rings. The van der Waals surface area contributed by atoms with Gasteiger partial charge in [-0.1, -0.05) is 12.1 Å². The number of anilines is 2. The summed E-state index contributed by atoms with van der Waals surface area (Å²) in [6.45, 7) is 2.78. The molecule has 2 aromatic carbocycles. The van der Waals surface area contributed by atoms with Crippen LogP contribution in [-0.4, -0.2) is 42.8 Å². The van der Waals surface area contributed by atoms with Crippen molar-refractivity contribution in [2.24, 2.45) is 5.92 Å². The first-order valence-corrected chi connectivity index (χ1v) is 10.6. The standard InChI is InChI=1S/C24H29N3O4/c1-17(28)25-20-6-3-5-19(15-20)24(30)27-13-11-18(12-14-27)9-10-23(29)26-21-7-4-8-22(16-21)31-2/h3-8,15-16,18H,9-14H2,1-2H3,(H,25,28)(H,26,29). The van der Waals surface area contributed by atoms with Gasteiger partial charge in [0.05, 0.1) is 7.11 Å². The number of rotatable bonds is 7. The van der Waals surface area contributed by atoms with Gasteiger partial charge >= 0.3 is 0 Å². The Hall–Kier alpha value is -3.35. The van der Waals surface area contributed by atoms with Crippen LogP contribution in [0.1, 0.15) is 43.0 Å². The maximum atomic E-state index is 12.8. The molecule has 0 aromatic heterocycles. The van der Waals surface area contributed by atoms with E-state index in [1.165, 1.54) is 6.92 Å². The van der Waals surface area contributed by atoms with E-state index in [1.807, 2.05) is 23.1 Å². The van der Waals surface area contributed by atoms with Gasteiger partial charge in [0.1, 0.15) is 5.75 Å². The Morgan fingerprint density at radius 3 is 2.35 bits per heavy atom. The number of likely N-dealkylation sites (tertiary alicyclic amines) is 1. The zero-order valence-electron chi connectivity index (χ0n) is 18.0. The summed E-state index contributed by atoms with van der Waals surface area (Å²) < 4.78 is 5.17. The van der Waals surface area contributed by atoms with Crippen molar-refractivity contribution in [3.05, 3.63) is 54.1 Å². The second-order valence-electron chi connectivity index (χ2n) is 7.82. The van der Waals surface area contributed by atoms with Crippen LogP contribution >= 0.6 is 0 Å². The quantitative estimate of drug-likeness (QED) is 0.706. The minimum absolute atomic E-state index is 0.0125. The van der Waals surface area contributed by atoms with Gasteiger partial charge in [0, 0.05) is 49.4 Å². The molecule has 1 fully saturated rings. The largest absolute Gasteiger partial charge is 0.497 e. The maximum absolute atomic E-state index is 12.8. The minimum Gasteiger partial charge on any atom is -0.497 e. The van der Waals surface area contributed by atoms with Gasteiger partial charge in [-0.2, -0.15) is 0 Å². The molecule has 1 saturated heterocycles. The number of carbonyl (C=O) groups is 3. The highest BCUT2D eigenvalue weighted by molar-refractivity contribution is 5.97. The molecule has 2 aromatic rings. The highest BCUT2D eigenvalue weighted by atomic mass is 16.5. The van der Waals surface area contributed by atoms with Crippen molar-refractivity contribution < 1.29 is 19.1 Å². The molecular weight excluding hydrogens is 394 g/mol. The molecule has 7 heteroatoms.